The minimum atomic E-state index is -4.71. The molecular formula is C12H16BrF3N2O. The zero-order valence-corrected chi connectivity index (χ0v) is 11.8. The van der Waals surface area contributed by atoms with Crippen LogP contribution in [0, 0.1) is 0 Å². The van der Waals surface area contributed by atoms with Gasteiger partial charge in [-0.1, -0.05) is 22.4 Å². The molecule has 0 aromatic heterocycles. The van der Waals surface area contributed by atoms with Gasteiger partial charge in [-0.25, -0.2) is 0 Å². The van der Waals surface area contributed by atoms with Gasteiger partial charge in [-0.2, -0.15) is 0 Å². The van der Waals surface area contributed by atoms with Gasteiger partial charge >= 0.3 is 6.36 Å². The molecule has 0 unspecified atom stereocenters. The Morgan fingerprint density at radius 2 is 1.89 bits per heavy atom. The fourth-order valence-electron chi connectivity index (χ4n) is 1.67. The lowest BCUT2D eigenvalue weighted by Gasteiger charge is -2.15. The van der Waals surface area contributed by atoms with Crippen LogP contribution in [0.3, 0.4) is 0 Å². The topological polar surface area (TPSA) is 61.3 Å². The van der Waals surface area contributed by atoms with Crippen LogP contribution in [0.2, 0.25) is 0 Å². The van der Waals surface area contributed by atoms with Crippen LogP contribution in [-0.2, 0) is 0 Å². The van der Waals surface area contributed by atoms with Gasteiger partial charge in [-0.05, 0) is 43.1 Å². The van der Waals surface area contributed by atoms with E-state index in [9.17, 15) is 13.2 Å². The summed E-state index contributed by atoms with van der Waals surface area (Å²) >= 11 is 3.15. The number of alkyl halides is 3. The van der Waals surface area contributed by atoms with Crippen LogP contribution in [0.4, 0.5) is 13.2 Å². The molecule has 7 heteroatoms. The zero-order chi connectivity index (χ0) is 14.5. The van der Waals surface area contributed by atoms with Gasteiger partial charge in [0.25, 0.3) is 0 Å². The Balaban J connectivity index is 2.78. The molecule has 0 aliphatic rings. The van der Waals surface area contributed by atoms with Crippen molar-refractivity contribution in [2.75, 3.05) is 6.54 Å². The molecule has 1 atom stereocenters. The summed E-state index contributed by atoms with van der Waals surface area (Å²) in [5, 5.41) is 0. The SMILES string of the molecule is NCCCC[C@@H](N)c1cc(Br)cc(OC(F)(F)F)c1. The predicted octanol–water partition coefficient (Wildman–Crippen LogP) is 3.48. The predicted molar refractivity (Wildman–Crippen MR) is 70.7 cm³/mol. The molecule has 1 aromatic rings. The highest BCUT2D eigenvalue weighted by molar-refractivity contribution is 9.10. The van der Waals surface area contributed by atoms with Gasteiger partial charge < -0.3 is 16.2 Å². The Morgan fingerprint density at radius 3 is 2.47 bits per heavy atom. The van der Waals surface area contributed by atoms with Crippen LogP contribution < -0.4 is 16.2 Å². The summed E-state index contributed by atoms with van der Waals surface area (Å²) in [6, 6.07) is 3.92. The molecule has 0 radical (unpaired) electrons. The van der Waals surface area contributed by atoms with Crippen molar-refractivity contribution in [1.82, 2.24) is 0 Å². The van der Waals surface area contributed by atoms with Crippen molar-refractivity contribution < 1.29 is 17.9 Å². The smallest absolute Gasteiger partial charge is 0.406 e. The maximum atomic E-state index is 12.2. The largest absolute Gasteiger partial charge is 0.573 e. The van der Waals surface area contributed by atoms with Crippen molar-refractivity contribution >= 4 is 15.9 Å². The zero-order valence-electron chi connectivity index (χ0n) is 10.2. The average Bonchev–Trinajstić information content (AvgIpc) is 2.26. The quantitative estimate of drug-likeness (QED) is 0.779. The van der Waals surface area contributed by atoms with Crippen molar-refractivity contribution in [2.45, 2.75) is 31.7 Å². The maximum Gasteiger partial charge on any atom is 0.573 e. The number of hydrogen-bond acceptors (Lipinski definition) is 3. The maximum absolute atomic E-state index is 12.2. The molecule has 0 bridgehead atoms. The summed E-state index contributed by atoms with van der Waals surface area (Å²) < 4.78 is 40.9. The molecule has 0 saturated heterocycles. The summed E-state index contributed by atoms with van der Waals surface area (Å²) in [7, 11) is 0. The van der Waals surface area contributed by atoms with E-state index in [4.69, 9.17) is 11.5 Å². The molecule has 1 rings (SSSR count). The lowest BCUT2D eigenvalue weighted by atomic mass is 10.0. The highest BCUT2D eigenvalue weighted by Crippen LogP contribution is 2.30. The van der Waals surface area contributed by atoms with Gasteiger partial charge in [0.15, 0.2) is 0 Å². The molecule has 0 fully saturated rings. The van der Waals surface area contributed by atoms with E-state index in [-0.39, 0.29) is 11.8 Å². The Labute approximate surface area is 118 Å². The molecule has 0 aliphatic heterocycles. The first-order valence-corrected chi connectivity index (χ1v) is 6.63. The molecule has 1 aromatic carbocycles. The number of halogens is 4. The third kappa shape index (κ3) is 6.26. The Kier molecular flexibility index (Phi) is 6.09. The van der Waals surface area contributed by atoms with Crippen LogP contribution in [0.5, 0.6) is 5.75 Å². The monoisotopic (exact) mass is 340 g/mol. The first kappa shape index (κ1) is 16.3. The summed E-state index contributed by atoms with van der Waals surface area (Å²) in [5.74, 6) is -0.272. The third-order valence-corrected chi connectivity index (χ3v) is 2.98. The second-order valence-corrected chi connectivity index (χ2v) is 5.07. The minimum Gasteiger partial charge on any atom is -0.406 e. The second kappa shape index (κ2) is 7.12. The third-order valence-electron chi connectivity index (χ3n) is 2.52. The van der Waals surface area contributed by atoms with Gasteiger partial charge in [0, 0.05) is 10.5 Å². The van der Waals surface area contributed by atoms with E-state index in [0.717, 1.165) is 12.8 Å². The van der Waals surface area contributed by atoms with Crippen LogP contribution in [0.25, 0.3) is 0 Å². The van der Waals surface area contributed by atoms with Gasteiger partial charge in [0.05, 0.1) is 0 Å². The number of rotatable bonds is 6. The normalized spacial score (nSPS) is 13.4. The minimum absolute atomic E-state index is 0.272. The fourth-order valence-corrected chi connectivity index (χ4v) is 2.16. The van der Waals surface area contributed by atoms with Crippen LogP contribution in [-0.4, -0.2) is 12.9 Å². The van der Waals surface area contributed by atoms with Crippen LogP contribution >= 0.6 is 15.9 Å². The van der Waals surface area contributed by atoms with Crippen molar-refractivity contribution in [3.8, 4) is 5.75 Å². The van der Waals surface area contributed by atoms with E-state index in [1.165, 1.54) is 12.1 Å². The summed E-state index contributed by atoms with van der Waals surface area (Å²) in [6.07, 6.45) is -2.37. The number of ether oxygens (including phenoxy) is 1. The van der Waals surface area contributed by atoms with E-state index in [0.29, 0.717) is 23.0 Å². The molecule has 0 spiro atoms. The number of unbranched alkanes of at least 4 members (excludes halogenated alkanes) is 1. The second-order valence-electron chi connectivity index (χ2n) is 4.16. The standard InChI is InChI=1S/C12H16BrF3N2O/c13-9-5-8(11(18)3-1-2-4-17)6-10(7-9)19-12(14,15)16/h5-7,11H,1-4,17-18H2/t11-/m1/s1. The molecule has 0 saturated carbocycles. The molecule has 0 aliphatic carbocycles. The van der Waals surface area contributed by atoms with Crippen molar-refractivity contribution in [3.05, 3.63) is 28.2 Å². The van der Waals surface area contributed by atoms with Crippen molar-refractivity contribution in [3.63, 3.8) is 0 Å². The average molecular weight is 341 g/mol. The summed E-state index contributed by atoms with van der Waals surface area (Å²) in [5.41, 5.74) is 11.9. The van der Waals surface area contributed by atoms with E-state index >= 15 is 0 Å². The van der Waals surface area contributed by atoms with Crippen molar-refractivity contribution in [2.24, 2.45) is 11.5 Å². The number of nitrogens with two attached hydrogens (primary N) is 2. The first-order valence-electron chi connectivity index (χ1n) is 5.83. The molecule has 3 nitrogen and oxygen atoms in total. The van der Waals surface area contributed by atoms with Gasteiger partial charge in [-0.3, -0.25) is 0 Å². The Morgan fingerprint density at radius 1 is 1.21 bits per heavy atom. The molecule has 108 valence electrons. The molecule has 0 amide bonds. The Bertz CT molecular complexity index is 412. The first-order chi connectivity index (χ1) is 8.81. The van der Waals surface area contributed by atoms with Gasteiger partial charge in [0.2, 0.25) is 0 Å². The van der Waals surface area contributed by atoms with E-state index in [1.54, 1.807) is 6.07 Å². The lowest BCUT2D eigenvalue weighted by Crippen LogP contribution is -2.18. The van der Waals surface area contributed by atoms with Gasteiger partial charge in [0.1, 0.15) is 5.75 Å². The van der Waals surface area contributed by atoms with Crippen molar-refractivity contribution in [1.29, 1.82) is 0 Å². The van der Waals surface area contributed by atoms with Crippen LogP contribution in [0.15, 0.2) is 22.7 Å². The lowest BCUT2D eigenvalue weighted by molar-refractivity contribution is -0.274. The molecule has 4 N–H and O–H groups in total. The highest BCUT2D eigenvalue weighted by atomic mass is 79.9. The van der Waals surface area contributed by atoms with E-state index in [2.05, 4.69) is 20.7 Å². The summed E-state index contributed by atoms with van der Waals surface area (Å²) in [4.78, 5) is 0. The molecular weight excluding hydrogens is 325 g/mol. The number of benzene rings is 1. The van der Waals surface area contributed by atoms with Gasteiger partial charge in [-0.15, -0.1) is 13.2 Å². The van der Waals surface area contributed by atoms with E-state index in [1.807, 2.05) is 0 Å². The molecule has 19 heavy (non-hydrogen) atoms. The Hall–Kier alpha value is -0.790. The number of hydrogen-bond donors (Lipinski definition) is 2. The summed E-state index contributed by atoms with van der Waals surface area (Å²) in [6.45, 7) is 0.577. The fraction of sp³-hybridized carbons (Fsp3) is 0.500. The highest BCUT2D eigenvalue weighted by Gasteiger charge is 2.31. The van der Waals surface area contributed by atoms with Crippen LogP contribution in [0.1, 0.15) is 30.9 Å². The van der Waals surface area contributed by atoms with E-state index < -0.39 is 6.36 Å². The molecule has 0 heterocycles.